The standard InChI is InChI=1S/C15H30N4/c1-7-15(5,19(9-3)10-4)13(16-8-2)14-17-11-12-18(14)6/h11-13,16H,7-10H2,1-6H3. The Labute approximate surface area is 118 Å². The summed E-state index contributed by atoms with van der Waals surface area (Å²) in [5, 5.41) is 3.64. The first-order valence-corrected chi connectivity index (χ1v) is 7.50. The number of hydrogen-bond acceptors (Lipinski definition) is 3. The minimum absolute atomic E-state index is 0.0820. The predicted octanol–water partition coefficient (Wildman–Crippen LogP) is 2.58. The number of nitrogens with one attached hydrogen (secondary N) is 1. The van der Waals surface area contributed by atoms with Gasteiger partial charge in [-0.15, -0.1) is 0 Å². The number of hydrogen-bond donors (Lipinski definition) is 1. The smallest absolute Gasteiger partial charge is 0.127 e. The number of nitrogens with zero attached hydrogens (tertiary/aromatic N) is 3. The van der Waals surface area contributed by atoms with Crippen molar-refractivity contribution in [3.05, 3.63) is 18.2 Å². The van der Waals surface area contributed by atoms with Crippen LogP contribution in [0.25, 0.3) is 0 Å². The molecule has 0 aliphatic rings. The molecule has 0 aliphatic carbocycles. The van der Waals surface area contributed by atoms with Crippen LogP contribution in [0.4, 0.5) is 0 Å². The van der Waals surface area contributed by atoms with Gasteiger partial charge in [-0.1, -0.05) is 27.7 Å². The van der Waals surface area contributed by atoms with Gasteiger partial charge >= 0.3 is 0 Å². The average Bonchev–Trinajstić information content (AvgIpc) is 2.83. The normalized spacial score (nSPS) is 16.6. The monoisotopic (exact) mass is 266 g/mol. The molecule has 0 bridgehead atoms. The van der Waals surface area contributed by atoms with Gasteiger partial charge in [0.1, 0.15) is 5.82 Å². The molecule has 0 aromatic carbocycles. The van der Waals surface area contributed by atoms with E-state index >= 15 is 0 Å². The molecular formula is C15H30N4. The molecule has 0 fully saturated rings. The molecule has 1 aromatic heterocycles. The first kappa shape index (κ1) is 16.2. The van der Waals surface area contributed by atoms with Crippen LogP contribution in [0.5, 0.6) is 0 Å². The van der Waals surface area contributed by atoms with Gasteiger partial charge in [0.05, 0.1) is 6.04 Å². The molecule has 110 valence electrons. The zero-order chi connectivity index (χ0) is 14.5. The summed E-state index contributed by atoms with van der Waals surface area (Å²) in [5.74, 6) is 1.12. The Bertz CT molecular complexity index is 370. The van der Waals surface area contributed by atoms with Crippen molar-refractivity contribution in [3.63, 3.8) is 0 Å². The summed E-state index contributed by atoms with van der Waals surface area (Å²) in [6, 6.07) is 0.252. The van der Waals surface area contributed by atoms with Crippen molar-refractivity contribution < 1.29 is 0 Å². The van der Waals surface area contributed by atoms with E-state index in [0.717, 1.165) is 31.9 Å². The number of aryl methyl sites for hydroxylation is 1. The average molecular weight is 266 g/mol. The van der Waals surface area contributed by atoms with Gasteiger partial charge in [0, 0.05) is 25.0 Å². The molecule has 1 aromatic rings. The topological polar surface area (TPSA) is 33.1 Å². The molecule has 1 heterocycles. The summed E-state index contributed by atoms with van der Waals surface area (Å²) in [5.41, 5.74) is 0.0820. The summed E-state index contributed by atoms with van der Waals surface area (Å²) in [4.78, 5) is 7.11. The number of aromatic nitrogens is 2. The molecule has 19 heavy (non-hydrogen) atoms. The lowest BCUT2D eigenvalue weighted by Gasteiger charge is -2.45. The second kappa shape index (κ2) is 7.06. The van der Waals surface area contributed by atoms with Crippen molar-refractivity contribution in [2.45, 2.75) is 52.6 Å². The minimum atomic E-state index is 0.0820. The van der Waals surface area contributed by atoms with Gasteiger partial charge in [0.15, 0.2) is 0 Å². The molecule has 0 aliphatic heterocycles. The Kier molecular flexibility index (Phi) is 6.01. The molecule has 1 N–H and O–H groups in total. The second-order valence-corrected chi connectivity index (χ2v) is 5.27. The first-order chi connectivity index (χ1) is 9.04. The molecule has 0 spiro atoms. The van der Waals surface area contributed by atoms with E-state index < -0.39 is 0 Å². The maximum Gasteiger partial charge on any atom is 0.127 e. The SMILES string of the molecule is CCNC(c1nccn1C)C(C)(CC)N(CC)CC. The number of likely N-dealkylation sites (N-methyl/N-ethyl adjacent to an activating group) is 2. The van der Waals surface area contributed by atoms with Gasteiger partial charge in [-0.25, -0.2) is 4.98 Å². The highest BCUT2D eigenvalue weighted by Crippen LogP contribution is 2.33. The molecular weight excluding hydrogens is 236 g/mol. The van der Waals surface area contributed by atoms with Crippen LogP contribution in [0, 0.1) is 0 Å². The van der Waals surface area contributed by atoms with Crippen LogP contribution in [-0.4, -0.2) is 39.6 Å². The van der Waals surface area contributed by atoms with Crippen molar-refractivity contribution in [1.82, 2.24) is 19.8 Å². The van der Waals surface area contributed by atoms with E-state index in [9.17, 15) is 0 Å². The van der Waals surface area contributed by atoms with Crippen LogP contribution in [0.2, 0.25) is 0 Å². The molecule has 4 heteroatoms. The number of rotatable bonds is 8. The lowest BCUT2D eigenvalue weighted by molar-refractivity contribution is 0.0661. The summed E-state index contributed by atoms with van der Waals surface area (Å²) < 4.78 is 2.13. The van der Waals surface area contributed by atoms with Crippen molar-refractivity contribution in [1.29, 1.82) is 0 Å². The van der Waals surface area contributed by atoms with Crippen molar-refractivity contribution in [2.75, 3.05) is 19.6 Å². The van der Waals surface area contributed by atoms with Crippen LogP contribution in [0.3, 0.4) is 0 Å². The maximum atomic E-state index is 4.57. The molecule has 2 unspecified atom stereocenters. The maximum absolute atomic E-state index is 4.57. The Balaban J connectivity index is 3.17. The third-order valence-corrected chi connectivity index (χ3v) is 4.35. The Morgan fingerprint density at radius 1 is 1.32 bits per heavy atom. The fourth-order valence-electron chi connectivity index (χ4n) is 3.01. The largest absolute Gasteiger partial charge is 0.337 e. The first-order valence-electron chi connectivity index (χ1n) is 7.50. The third kappa shape index (κ3) is 3.18. The van der Waals surface area contributed by atoms with Crippen LogP contribution in [-0.2, 0) is 7.05 Å². The second-order valence-electron chi connectivity index (χ2n) is 5.27. The summed E-state index contributed by atoms with van der Waals surface area (Å²) in [6.07, 6.45) is 5.01. The molecule has 0 saturated carbocycles. The van der Waals surface area contributed by atoms with Gasteiger partial charge in [-0.3, -0.25) is 4.90 Å². The van der Waals surface area contributed by atoms with Gasteiger partial charge in [-0.05, 0) is 33.0 Å². The molecule has 1 rings (SSSR count). The van der Waals surface area contributed by atoms with Gasteiger partial charge in [-0.2, -0.15) is 0 Å². The van der Waals surface area contributed by atoms with Gasteiger partial charge < -0.3 is 9.88 Å². The Morgan fingerprint density at radius 2 is 1.95 bits per heavy atom. The molecule has 2 atom stereocenters. The van der Waals surface area contributed by atoms with E-state index in [1.54, 1.807) is 0 Å². The molecule has 0 saturated heterocycles. The van der Waals surface area contributed by atoms with E-state index in [1.165, 1.54) is 0 Å². The minimum Gasteiger partial charge on any atom is -0.337 e. The molecule has 0 radical (unpaired) electrons. The van der Waals surface area contributed by atoms with Gasteiger partial charge in [0.25, 0.3) is 0 Å². The van der Waals surface area contributed by atoms with Crippen molar-refractivity contribution in [3.8, 4) is 0 Å². The van der Waals surface area contributed by atoms with Crippen LogP contribution >= 0.6 is 0 Å². The molecule has 4 nitrogen and oxygen atoms in total. The van der Waals surface area contributed by atoms with E-state index in [0.29, 0.717) is 0 Å². The zero-order valence-corrected chi connectivity index (χ0v) is 13.4. The third-order valence-electron chi connectivity index (χ3n) is 4.35. The fraction of sp³-hybridized carbons (Fsp3) is 0.800. The van der Waals surface area contributed by atoms with Crippen LogP contribution < -0.4 is 5.32 Å². The highest BCUT2D eigenvalue weighted by atomic mass is 15.2. The van der Waals surface area contributed by atoms with E-state index in [2.05, 4.69) is 61.4 Å². The molecule has 0 amide bonds. The zero-order valence-electron chi connectivity index (χ0n) is 13.4. The van der Waals surface area contributed by atoms with Gasteiger partial charge in [0.2, 0.25) is 0 Å². The van der Waals surface area contributed by atoms with Crippen LogP contribution in [0.15, 0.2) is 12.4 Å². The summed E-state index contributed by atoms with van der Waals surface area (Å²) in [6.45, 7) is 14.3. The number of imidazole rings is 1. The lowest BCUT2D eigenvalue weighted by Crippen LogP contribution is -2.55. The lowest BCUT2D eigenvalue weighted by atomic mass is 9.86. The highest BCUT2D eigenvalue weighted by molar-refractivity contribution is 5.09. The summed E-state index contributed by atoms with van der Waals surface area (Å²) >= 11 is 0. The summed E-state index contributed by atoms with van der Waals surface area (Å²) in [7, 11) is 2.07. The van der Waals surface area contributed by atoms with Crippen molar-refractivity contribution >= 4 is 0 Å². The Morgan fingerprint density at radius 3 is 2.32 bits per heavy atom. The van der Waals surface area contributed by atoms with E-state index in [-0.39, 0.29) is 11.6 Å². The van der Waals surface area contributed by atoms with Crippen LogP contribution in [0.1, 0.15) is 52.9 Å². The van der Waals surface area contributed by atoms with E-state index in [1.807, 2.05) is 12.4 Å². The Hall–Kier alpha value is -0.870. The fourth-order valence-corrected chi connectivity index (χ4v) is 3.01. The predicted molar refractivity (Wildman–Crippen MR) is 81.2 cm³/mol. The van der Waals surface area contributed by atoms with Crippen molar-refractivity contribution in [2.24, 2.45) is 7.05 Å². The quantitative estimate of drug-likeness (QED) is 0.785. The van der Waals surface area contributed by atoms with E-state index in [4.69, 9.17) is 0 Å². The highest BCUT2D eigenvalue weighted by Gasteiger charge is 2.39.